The molecule has 1 aliphatic heterocycles. The molecule has 12 heteroatoms. The Bertz CT molecular complexity index is 1170. The summed E-state index contributed by atoms with van der Waals surface area (Å²) in [6, 6.07) is 4.31. The van der Waals surface area contributed by atoms with Crippen molar-refractivity contribution in [2.45, 2.75) is 38.7 Å². The van der Waals surface area contributed by atoms with Gasteiger partial charge < -0.3 is 20.3 Å². The van der Waals surface area contributed by atoms with E-state index in [9.17, 15) is 23.1 Å². The van der Waals surface area contributed by atoms with Gasteiger partial charge in [-0.1, -0.05) is 0 Å². The molecule has 1 amide bonds. The summed E-state index contributed by atoms with van der Waals surface area (Å²) in [5.74, 6) is 0.241. The second kappa shape index (κ2) is 10.2. The Balaban J connectivity index is 1.50. The van der Waals surface area contributed by atoms with Crippen molar-refractivity contribution in [3.8, 4) is 0 Å². The summed E-state index contributed by atoms with van der Waals surface area (Å²) in [5, 5.41) is 11.4. The summed E-state index contributed by atoms with van der Waals surface area (Å²) in [4.78, 5) is 27.8. The maximum absolute atomic E-state index is 12.8. The highest BCUT2D eigenvalue weighted by atomic mass is 19.4. The standard InChI is InChI=1S/C23H28F3N7O2/c1-2-32(11-17-4-3-16(9-28-17)23(24,25)26)21-18-6-8-33(22(18)30-14-29-21)10-15-5-7-31(12-19(15)34)13-20(27)35/h3-4,6,8-9,14-15,19,34H,2,5,7,10-13H2,1H3,(H2,27,35)/t15-,19+/m0/s1. The molecule has 3 aromatic rings. The van der Waals surface area contributed by atoms with Gasteiger partial charge in [0.1, 0.15) is 17.8 Å². The van der Waals surface area contributed by atoms with E-state index >= 15 is 0 Å². The fourth-order valence-electron chi connectivity index (χ4n) is 4.48. The van der Waals surface area contributed by atoms with Gasteiger partial charge in [0.25, 0.3) is 0 Å². The number of carbonyl (C=O) groups excluding carboxylic acids is 1. The van der Waals surface area contributed by atoms with Gasteiger partial charge in [0, 0.05) is 37.9 Å². The first-order valence-electron chi connectivity index (χ1n) is 11.4. The maximum Gasteiger partial charge on any atom is 0.417 e. The van der Waals surface area contributed by atoms with Crippen molar-refractivity contribution in [2.24, 2.45) is 11.7 Å². The number of aliphatic hydroxyl groups is 1. The number of piperidine rings is 1. The van der Waals surface area contributed by atoms with E-state index in [4.69, 9.17) is 5.73 Å². The molecule has 4 heterocycles. The molecule has 0 bridgehead atoms. The first-order chi connectivity index (χ1) is 16.7. The summed E-state index contributed by atoms with van der Waals surface area (Å²) >= 11 is 0. The number of primary amides is 1. The van der Waals surface area contributed by atoms with Crippen LogP contribution in [0.1, 0.15) is 24.6 Å². The van der Waals surface area contributed by atoms with Gasteiger partial charge >= 0.3 is 6.18 Å². The monoisotopic (exact) mass is 491 g/mol. The number of amides is 1. The number of anilines is 1. The Kier molecular flexibility index (Phi) is 7.22. The molecule has 0 spiro atoms. The Morgan fingerprint density at radius 1 is 1.26 bits per heavy atom. The van der Waals surface area contributed by atoms with E-state index in [-0.39, 0.29) is 12.5 Å². The minimum atomic E-state index is -4.43. The highest BCUT2D eigenvalue weighted by Crippen LogP contribution is 2.30. The molecule has 35 heavy (non-hydrogen) atoms. The number of nitrogens with zero attached hydrogens (tertiary/aromatic N) is 6. The number of β-amino-alcohol motifs (C(OH)–C–C–N with tert-alkyl or cyclic N) is 1. The zero-order chi connectivity index (χ0) is 25.2. The summed E-state index contributed by atoms with van der Waals surface area (Å²) < 4.78 is 40.5. The number of carbonyl (C=O) groups is 1. The molecule has 1 fully saturated rings. The van der Waals surface area contributed by atoms with E-state index in [0.29, 0.717) is 56.3 Å². The third-order valence-electron chi connectivity index (χ3n) is 6.34. The third kappa shape index (κ3) is 5.70. The number of rotatable bonds is 8. The van der Waals surface area contributed by atoms with Crippen LogP contribution >= 0.6 is 0 Å². The summed E-state index contributed by atoms with van der Waals surface area (Å²) in [7, 11) is 0. The number of nitrogens with two attached hydrogens (primary N) is 1. The molecular formula is C23H28F3N7O2. The van der Waals surface area contributed by atoms with Gasteiger partial charge in [0.05, 0.1) is 35.8 Å². The van der Waals surface area contributed by atoms with Crippen LogP contribution in [0.5, 0.6) is 0 Å². The molecule has 0 radical (unpaired) electrons. The second-order valence-electron chi connectivity index (χ2n) is 8.77. The van der Waals surface area contributed by atoms with Crippen LogP contribution < -0.4 is 10.6 Å². The van der Waals surface area contributed by atoms with Crippen molar-refractivity contribution in [1.29, 1.82) is 0 Å². The average molecular weight is 492 g/mol. The summed E-state index contributed by atoms with van der Waals surface area (Å²) in [5.41, 5.74) is 5.69. The number of halogens is 3. The van der Waals surface area contributed by atoms with Crippen molar-refractivity contribution in [3.63, 3.8) is 0 Å². The zero-order valence-electron chi connectivity index (χ0n) is 19.3. The van der Waals surface area contributed by atoms with Crippen LogP contribution in [0.15, 0.2) is 36.9 Å². The number of hydrogen-bond donors (Lipinski definition) is 2. The topological polar surface area (TPSA) is 113 Å². The molecule has 0 unspecified atom stereocenters. The van der Waals surface area contributed by atoms with Crippen LogP contribution in [-0.4, -0.2) is 67.7 Å². The minimum absolute atomic E-state index is 0.00762. The predicted molar refractivity (Wildman–Crippen MR) is 123 cm³/mol. The zero-order valence-corrected chi connectivity index (χ0v) is 19.3. The number of fused-ring (bicyclic) bond motifs is 1. The van der Waals surface area contributed by atoms with Gasteiger partial charge in [0.15, 0.2) is 0 Å². The van der Waals surface area contributed by atoms with Gasteiger partial charge in [0.2, 0.25) is 5.91 Å². The Morgan fingerprint density at radius 2 is 2.06 bits per heavy atom. The van der Waals surface area contributed by atoms with Crippen LogP contribution in [0.3, 0.4) is 0 Å². The third-order valence-corrected chi connectivity index (χ3v) is 6.34. The highest BCUT2D eigenvalue weighted by Gasteiger charge is 2.31. The molecule has 1 aliphatic rings. The Hall–Kier alpha value is -3.25. The highest BCUT2D eigenvalue weighted by molar-refractivity contribution is 5.87. The Labute approximate surface area is 200 Å². The molecule has 3 N–H and O–H groups in total. The number of likely N-dealkylation sites (tertiary alicyclic amines) is 1. The average Bonchev–Trinajstić information content (AvgIpc) is 3.21. The Morgan fingerprint density at radius 3 is 2.69 bits per heavy atom. The number of pyridine rings is 1. The molecule has 3 aromatic heterocycles. The molecule has 4 rings (SSSR count). The van der Waals surface area contributed by atoms with Crippen molar-refractivity contribution in [2.75, 3.05) is 31.1 Å². The molecule has 188 valence electrons. The predicted octanol–water partition coefficient (Wildman–Crippen LogP) is 2.04. The van der Waals surface area contributed by atoms with Gasteiger partial charge in [-0.3, -0.25) is 14.7 Å². The van der Waals surface area contributed by atoms with E-state index in [1.165, 1.54) is 12.4 Å². The van der Waals surface area contributed by atoms with E-state index in [2.05, 4.69) is 15.0 Å². The van der Waals surface area contributed by atoms with Crippen molar-refractivity contribution < 1.29 is 23.1 Å². The lowest BCUT2D eigenvalue weighted by Gasteiger charge is -2.35. The lowest BCUT2D eigenvalue weighted by atomic mass is 9.93. The minimum Gasteiger partial charge on any atom is -0.391 e. The smallest absolute Gasteiger partial charge is 0.391 e. The van der Waals surface area contributed by atoms with E-state index in [1.54, 1.807) is 0 Å². The van der Waals surface area contributed by atoms with Crippen LogP contribution in [0.2, 0.25) is 0 Å². The van der Waals surface area contributed by atoms with Crippen LogP contribution in [0, 0.1) is 5.92 Å². The first-order valence-corrected chi connectivity index (χ1v) is 11.4. The summed E-state index contributed by atoms with van der Waals surface area (Å²) in [6.45, 7) is 4.54. The first kappa shape index (κ1) is 24.9. The number of aromatic nitrogens is 4. The molecule has 0 aliphatic carbocycles. The lowest BCUT2D eigenvalue weighted by molar-refractivity contribution is -0.137. The quantitative estimate of drug-likeness (QED) is 0.496. The molecule has 2 atom stereocenters. The molecular weight excluding hydrogens is 463 g/mol. The van der Waals surface area contributed by atoms with Gasteiger partial charge in [-0.25, -0.2) is 9.97 Å². The SMILES string of the molecule is CCN(Cc1ccc(C(F)(F)F)cn1)c1ncnc2c1ccn2C[C@@H]1CCN(CC(N)=O)C[C@H]1O. The number of aliphatic hydroxyl groups excluding tert-OH is 1. The van der Waals surface area contributed by atoms with Gasteiger partial charge in [-0.15, -0.1) is 0 Å². The number of hydrogen-bond acceptors (Lipinski definition) is 7. The maximum atomic E-state index is 12.8. The fraction of sp³-hybridized carbons (Fsp3) is 0.478. The van der Waals surface area contributed by atoms with E-state index < -0.39 is 23.8 Å². The number of alkyl halides is 3. The van der Waals surface area contributed by atoms with E-state index in [1.807, 2.05) is 33.6 Å². The molecule has 9 nitrogen and oxygen atoms in total. The largest absolute Gasteiger partial charge is 0.417 e. The van der Waals surface area contributed by atoms with Crippen LogP contribution in [0.25, 0.3) is 11.0 Å². The lowest BCUT2D eigenvalue weighted by Crippen LogP contribution is -2.47. The van der Waals surface area contributed by atoms with Crippen molar-refractivity contribution in [1.82, 2.24) is 24.4 Å². The van der Waals surface area contributed by atoms with Gasteiger partial charge in [-0.2, -0.15) is 13.2 Å². The molecule has 1 saturated heterocycles. The second-order valence-corrected chi connectivity index (χ2v) is 8.77. The molecule has 0 saturated carbocycles. The van der Waals surface area contributed by atoms with Gasteiger partial charge in [-0.05, 0) is 38.1 Å². The van der Waals surface area contributed by atoms with Crippen LogP contribution in [0.4, 0.5) is 19.0 Å². The van der Waals surface area contributed by atoms with Crippen LogP contribution in [-0.2, 0) is 24.1 Å². The van der Waals surface area contributed by atoms with E-state index in [0.717, 1.165) is 17.6 Å². The van der Waals surface area contributed by atoms with Crippen molar-refractivity contribution >= 4 is 22.8 Å². The summed E-state index contributed by atoms with van der Waals surface area (Å²) in [6.07, 6.45) is -0.107. The molecule has 0 aromatic carbocycles. The normalized spacial score (nSPS) is 19.2. The fourth-order valence-corrected chi connectivity index (χ4v) is 4.48. The van der Waals surface area contributed by atoms with Crippen molar-refractivity contribution in [3.05, 3.63) is 48.2 Å².